The van der Waals surface area contributed by atoms with E-state index in [4.69, 9.17) is 11.6 Å². The summed E-state index contributed by atoms with van der Waals surface area (Å²) >= 11 is 8.06. The molecule has 0 aromatic heterocycles. The minimum absolute atomic E-state index is 0.760. The van der Waals surface area contributed by atoms with Gasteiger partial charge in [-0.05, 0) is 46.4 Å². The highest BCUT2D eigenvalue weighted by atomic mass is 127. The van der Waals surface area contributed by atoms with E-state index in [1.165, 1.54) is 3.57 Å². The van der Waals surface area contributed by atoms with Gasteiger partial charge in [-0.3, -0.25) is 0 Å². The van der Waals surface area contributed by atoms with Crippen LogP contribution < -0.4 is 0 Å². The van der Waals surface area contributed by atoms with E-state index in [2.05, 4.69) is 29.2 Å². The van der Waals surface area contributed by atoms with Gasteiger partial charge in [-0.15, -0.1) is 0 Å². The lowest BCUT2D eigenvalue weighted by atomic mass is 10.2. The quantitative estimate of drug-likeness (QED) is 0.680. The molecule has 0 unspecified atom stereocenters. The van der Waals surface area contributed by atoms with Crippen molar-refractivity contribution in [3.05, 3.63) is 38.9 Å². The Morgan fingerprint density at radius 3 is 2.70 bits per heavy atom. The Kier molecular flexibility index (Phi) is 2.74. The molecule has 0 spiro atoms. The van der Waals surface area contributed by atoms with Crippen LogP contribution in [0.15, 0.2) is 24.8 Å². The predicted molar refractivity (Wildman–Crippen MR) is 54.3 cm³/mol. The molecule has 0 amide bonds. The molecule has 10 heavy (non-hydrogen) atoms. The Labute approximate surface area is 79.0 Å². The molecule has 0 heterocycles. The second-order valence-corrected chi connectivity index (χ2v) is 3.52. The molecule has 0 radical (unpaired) electrons. The Morgan fingerprint density at radius 1 is 1.50 bits per heavy atom. The number of hydrogen-bond acceptors (Lipinski definition) is 0. The highest BCUT2D eigenvalue weighted by molar-refractivity contribution is 14.1. The van der Waals surface area contributed by atoms with Gasteiger partial charge in [-0.25, -0.2) is 0 Å². The molecule has 0 nitrogen and oxygen atoms in total. The average Bonchev–Trinajstić information content (AvgIpc) is 1.94. The summed E-state index contributed by atoms with van der Waals surface area (Å²) in [6, 6.07) is 5.84. The summed E-state index contributed by atoms with van der Waals surface area (Å²) < 4.78 is 1.18. The fraction of sp³-hybridized carbons (Fsp3) is 0. The van der Waals surface area contributed by atoms with Gasteiger partial charge in [0.1, 0.15) is 0 Å². The summed E-state index contributed by atoms with van der Waals surface area (Å²) in [5.74, 6) is 0. The molecular weight excluding hydrogens is 258 g/mol. The van der Waals surface area contributed by atoms with Gasteiger partial charge in [0.2, 0.25) is 0 Å². The zero-order chi connectivity index (χ0) is 7.56. The van der Waals surface area contributed by atoms with Gasteiger partial charge >= 0.3 is 0 Å². The zero-order valence-corrected chi connectivity index (χ0v) is 8.19. The average molecular weight is 264 g/mol. The van der Waals surface area contributed by atoms with Crippen LogP contribution in [0.2, 0.25) is 5.02 Å². The van der Waals surface area contributed by atoms with Gasteiger partial charge in [0.25, 0.3) is 0 Å². The lowest BCUT2D eigenvalue weighted by molar-refractivity contribution is 1.61. The van der Waals surface area contributed by atoms with Gasteiger partial charge in [0, 0.05) is 8.59 Å². The smallest absolute Gasteiger partial charge is 0.0478 e. The van der Waals surface area contributed by atoms with Gasteiger partial charge in [-0.2, -0.15) is 0 Å². The van der Waals surface area contributed by atoms with E-state index in [1.807, 2.05) is 18.2 Å². The van der Waals surface area contributed by atoms with Crippen molar-refractivity contribution in [2.45, 2.75) is 0 Å². The van der Waals surface area contributed by atoms with Crippen molar-refractivity contribution in [2.75, 3.05) is 0 Å². The third-order valence-electron chi connectivity index (χ3n) is 1.18. The number of hydrogen-bond donors (Lipinski definition) is 0. The maximum absolute atomic E-state index is 5.82. The predicted octanol–water partition coefficient (Wildman–Crippen LogP) is 3.59. The summed E-state index contributed by atoms with van der Waals surface area (Å²) in [5, 5.41) is 0.760. The summed E-state index contributed by atoms with van der Waals surface area (Å²) in [4.78, 5) is 0. The van der Waals surface area contributed by atoms with Crippen LogP contribution in [0.25, 0.3) is 6.08 Å². The van der Waals surface area contributed by atoms with Crippen LogP contribution in [0.5, 0.6) is 0 Å². The fourth-order valence-corrected chi connectivity index (χ4v) is 1.38. The van der Waals surface area contributed by atoms with Crippen molar-refractivity contribution in [3.63, 3.8) is 0 Å². The minimum atomic E-state index is 0.760. The van der Waals surface area contributed by atoms with Crippen LogP contribution in [-0.4, -0.2) is 0 Å². The monoisotopic (exact) mass is 264 g/mol. The van der Waals surface area contributed by atoms with Crippen LogP contribution in [0, 0.1) is 3.57 Å². The van der Waals surface area contributed by atoms with Crippen molar-refractivity contribution in [2.24, 2.45) is 0 Å². The van der Waals surface area contributed by atoms with Crippen LogP contribution in [0.1, 0.15) is 5.56 Å². The molecular formula is C8H6ClI. The number of halogens is 2. The second kappa shape index (κ2) is 3.39. The van der Waals surface area contributed by atoms with Crippen LogP contribution in [-0.2, 0) is 0 Å². The molecule has 1 aromatic carbocycles. The van der Waals surface area contributed by atoms with Gasteiger partial charge in [-0.1, -0.05) is 24.3 Å². The largest absolute Gasteiger partial charge is 0.0984 e. The Bertz CT molecular complexity index is 255. The lowest BCUT2D eigenvalue weighted by Crippen LogP contribution is -1.75. The normalized spacial score (nSPS) is 9.40. The summed E-state index contributed by atoms with van der Waals surface area (Å²) in [5.41, 5.74) is 0.994. The van der Waals surface area contributed by atoms with E-state index in [0.29, 0.717) is 0 Å². The third-order valence-corrected chi connectivity index (χ3v) is 2.19. The lowest BCUT2D eigenvalue weighted by Gasteiger charge is -1.96. The highest BCUT2D eigenvalue weighted by Crippen LogP contribution is 2.19. The highest BCUT2D eigenvalue weighted by Gasteiger charge is 1.94. The Morgan fingerprint density at radius 2 is 2.20 bits per heavy atom. The van der Waals surface area contributed by atoms with Gasteiger partial charge in [0.05, 0.1) is 0 Å². The summed E-state index contributed by atoms with van der Waals surface area (Å²) in [6.07, 6.45) is 1.75. The standard InChI is InChI=1S/C8H6ClI/c1-2-6-5-7(10)3-4-8(6)9/h2-5H,1H2. The zero-order valence-electron chi connectivity index (χ0n) is 5.27. The van der Waals surface area contributed by atoms with E-state index >= 15 is 0 Å². The van der Waals surface area contributed by atoms with Crippen molar-refractivity contribution in [1.82, 2.24) is 0 Å². The number of rotatable bonds is 1. The van der Waals surface area contributed by atoms with E-state index in [1.54, 1.807) is 6.08 Å². The van der Waals surface area contributed by atoms with Crippen LogP contribution >= 0.6 is 34.2 Å². The molecule has 0 saturated heterocycles. The molecule has 1 rings (SSSR count). The molecule has 0 saturated carbocycles. The molecule has 0 aliphatic heterocycles. The molecule has 1 aromatic rings. The molecule has 52 valence electrons. The van der Waals surface area contributed by atoms with Crippen molar-refractivity contribution >= 4 is 40.3 Å². The van der Waals surface area contributed by atoms with E-state index in [-0.39, 0.29) is 0 Å². The maximum atomic E-state index is 5.82. The van der Waals surface area contributed by atoms with Crippen molar-refractivity contribution in [1.29, 1.82) is 0 Å². The second-order valence-electron chi connectivity index (χ2n) is 1.87. The maximum Gasteiger partial charge on any atom is 0.0478 e. The topological polar surface area (TPSA) is 0 Å². The van der Waals surface area contributed by atoms with Crippen molar-refractivity contribution < 1.29 is 0 Å². The first-order chi connectivity index (χ1) is 4.74. The third kappa shape index (κ3) is 1.73. The molecule has 0 aliphatic rings. The Balaban J connectivity index is 3.21. The van der Waals surface area contributed by atoms with E-state index < -0.39 is 0 Å². The SMILES string of the molecule is C=Cc1cc(I)ccc1Cl. The molecule has 0 N–H and O–H groups in total. The van der Waals surface area contributed by atoms with Crippen LogP contribution in [0.3, 0.4) is 0 Å². The first kappa shape index (κ1) is 8.08. The van der Waals surface area contributed by atoms with E-state index in [9.17, 15) is 0 Å². The molecule has 0 aliphatic carbocycles. The van der Waals surface area contributed by atoms with E-state index in [0.717, 1.165) is 10.6 Å². The summed E-state index contributed by atoms with van der Waals surface area (Å²) in [7, 11) is 0. The molecule has 0 atom stereocenters. The molecule has 2 heteroatoms. The Hall–Kier alpha value is -0.0200. The summed E-state index contributed by atoms with van der Waals surface area (Å²) in [6.45, 7) is 3.65. The molecule has 0 fully saturated rings. The first-order valence-electron chi connectivity index (χ1n) is 2.81. The first-order valence-corrected chi connectivity index (χ1v) is 4.27. The molecule has 0 bridgehead atoms. The fourth-order valence-electron chi connectivity index (χ4n) is 0.671. The van der Waals surface area contributed by atoms with Crippen LogP contribution in [0.4, 0.5) is 0 Å². The van der Waals surface area contributed by atoms with Gasteiger partial charge < -0.3 is 0 Å². The van der Waals surface area contributed by atoms with Gasteiger partial charge in [0.15, 0.2) is 0 Å². The van der Waals surface area contributed by atoms with Crippen molar-refractivity contribution in [3.8, 4) is 0 Å². The number of benzene rings is 1. The minimum Gasteiger partial charge on any atom is -0.0984 e.